The molecule has 1 aliphatic heterocycles. The topological polar surface area (TPSA) is 3.24 Å². The minimum atomic E-state index is -4.30. The first-order valence-electron chi connectivity index (χ1n) is 9.04. The van der Waals surface area contributed by atoms with Crippen molar-refractivity contribution >= 4 is 0 Å². The Morgan fingerprint density at radius 2 is 1.56 bits per heavy atom. The van der Waals surface area contributed by atoms with Gasteiger partial charge in [0.2, 0.25) is 0 Å². The molecule has 0 bridgehead atoms. The number of benzene rings is 2. The minimum absolute atomic E-state index is 0.591. The van der Waals surface area contributed by atoms with E-state index in [2.05, 4.69) is 17.0 Å². The summed E-state index contributed by atoms with van der Waals surface area (Å²) in [5, 5.41) is 0. The highest BCUT2D eigenvalue weighted by atomic mass is 19.4. The van der Waals surface area contributed by atoms with Crippen LogP contribution in [0.2, 0.25) is 0 Å². The van der Waals surface area contributed by atoms with Crippen molar-refractivity contribution in [2.24, 2.45) is 0 Å². The summed E-state index contributed by atoms with van der Waals surface area (Å²) in [4.78, 5) is 2.61. The molecule has 0 unspecified atom stereocenters. The number of alkyl halides is 3. The van der Waals surface area contributed by atoms with Gasteiger partial charge in [-0.25, -0.2) is 0 Å². The minimum Gasteiger partial charge on any atom is -0.300 e. The van der Waals surface area contributed by atoms with Gasteiger partial charge < -0.3 is 0 Å². The average molecular weight is 345 g/mol. The van der Waals surface area contributed by atoms with Gasteiger partial charge in [-0.05, 0) is 61.2 Å². The smallest absolute Gasteiger partial charge is 0.300 e. The van der Waals surface area contributed by atoms with Gasteiger partial charge in [0.15, 0.2) is 0 Å². The van der Waals surface area contributed by atoms with E-state index in [0.717, 1.165) is 11.6 Å². The van der Waals surface area contributed by atoms with Crippen molar-refractivity contribution in [3.8, 4) is 11.1 Å². The zero-order valence-corrected chi connectivity index (χ0v) is 14.1. The van der Waals surface area contributed by atoms with Gasteiger partial charge in [-0.1, -0.05) is 42.8 Å². The Hall–Kier alpha value is -1.81. The van der Waals surface area contributed by atoms with Crippen molar-refractivity contribution in [3.63, 3.8) is 0 Å². The third-order valence-electron chi connectivity index (χ3n) is 5.48. The second kappa shape index (κ2) is 6.49. The molecule has 2 fully saturated rings. The van der Waals surface area contributed by atoms with Gasteiger partial charge in [0.05, 0.1) is 5.56 Å². The largest absolute Gasteiger partial charge is 0.416 e. The van der Waals surface area contributed by atoms with E-state index >= 15 is 0 Å². The molecule has 1 nitrogen and oxygen atoms in total. The summed E-state index contributed by atoms with van der Waals surface area (Å²) in [5.41, 5.74) is 2.17. The fourth-order valence-electron chi connectivity index (χ4n) is 3.99. The van der Waals surface area contributed by atoms with E-state index in [-0.39, 0.29) is 0 Å². The average Bonchev–Trinajstić information content (AvgIpc) is 3.43. The Morgan fingerprint density at radius 1 is 0.840 bits per heavy atom. The van der Waals surface area contributed by atoms with Gasteiger partial charge in [-0.15, -0.1) is 0 Å². The predicted octanol–water partition coefficient (Wildman–Crippen LogP) is 5.71. The van der Waals surface area contributed by atoms with Crippen molar-refractivity contribution in [3.05, 3.63) is 59.7 Å². The van der Waals surface area contributed by atoms with Crippen molar-refractivity contribution in [1.82, 2.24) is 4.90 Å². The van der Waals surface area contributed by atoms with Gasteiger partial charge in [-0.2, -0.15) is 13.2 Å². The van der Waals surface area contributed by atoms with Crippen LogP contribution in [0.15, 0.2) is 48.5 Å². The number of hydrogen-bond acceptors (Lipinski definition) is 1. The number of nitrogens with zero attached hydrogens (tertiary/aromatic N) is 1. The zero-order valence-electron chi connectivity index (χ0n) is 14.1. The maximum Gasteiger partial charge on any atom is 0.416 e. The maximum absolute atomic E-state index is 12.9. The van der Waals surface area contributed by atoms with Crippen LogP contribution in [-0.4, -0.2) is 24.0 Å². The number of halogens is 3. The molecule has 2 aromatic rings. The molecule has 0 amide bonds. The quantitative estimate of drug-likeness (QED) is 0.688. The summed E-state index contributed by atoms with van der Waals surface area (Å²) in [6.07, 6.45) is 0.865. The molecule has 132 valence electrons. The van der Waals surface area contributed by atoms with Gasteiger partial charge >= 0.3 is 6.18 Å². The Kier molecular flexibility index (Phi) is 4.32. The van der Waals surface area contributed by atoms with E-state index in [4.69, 9.17) is 0 Å². The van der Waals surface area contributed by atoms with E-state index in [1.165, 1.54) is 56.5 Å². The molecule has 0 aromatic heterocycles. The third kappa shape index (κ3) is 3.59. The highest BCUT2D eigenvalue weighted by molar-refractivity contribution is 5.65. The Bertz CT molecular complexity index is 730. The van der Waals surface area contributed by atoms with Crippen LogP contribution in [0.1, 0.15) is 42.7 Å². The van der Waals surface area contributed by atoms with Gasteiger partial charge in [0.1, 0.15) is 0 Å². The molecule has 1 saturated carbocycles. The first-order valence-corrected chi connectivity index (χ1v) is 9.04. The molecule has 1 saturated heterocycles. The van der Waals surface area contributed by atoms with Crippen LogP contribution < -0.4 is 0 Å². The molecule has 1 heterocycles. The lowest BCUT2D eigenvalue weighted by Crippen LogP contribution is -2.32. The van der Waals surface area contributed by atoms with Crippen molar-refractivity contribution in [1.29, 1.82) is 0 Å². The number of hydrogen-bond donors (Lipinski definition) is 0. The molecular weight excluding hydrogens is 323 g/mol. The molecule has 4 heteroatoms. The maximum atomic E-state index is 12.9. The summed E-state index contributed by atoms with van der Waals surface area (Å²) in [6, 6.07) is 14.3. The van der Waals surface area contributed by atoms with E-state index < -0.39 is 11.7 Å². The highest BCUT2D eigenvalue weighted by Gasteiger charge is 2.42. The fourth-order valence-corrected chi connectivity index (χ4v) is 3.99. The van der Waals surface area contributed by atoms with Crippen LogP contribution in [0.4, 0.5) is 13.2 Å². The predicted molar refractivity (Wildman–Crippen MR) is 93.5 cm³/mol. The van der Waals surface area contributed by atoms with E-state index in [0.29, 0.717) is 17.5 Å². The summed E-state index contributed by atoms with van der Waals surface area (Å²) in [6.45, 7) is 2.42. The van der Waals surface area contributed by atoms with Crippen LogP contribution >= 0.6 is 0 Å². The molecule has 4 rings (SSSR count). The first kappa shape index (κ1) is 16.6. The monoisotopic (exact) mass is 345 g/mol. The number of likely N-dealkylation sites (tertiary alicyclic amines) is 1. The molecule has 1 aliphatic carbocycles. The van der Waals surface area contributed by atoms with E-state index in [1.54, 1.807) is 6.07 Å². The van der Waals surface area contributed by atoms with Crippen LogP contribution in [0.25, 0.3) is 11.1 Å². The van der Waals surface area contributed by atoms with Crippen LogP contribution in [0.5, 0.6) is 0 Å². The van der Waals surface area contributed by atoms with E-state index in [9.17, 15) is 13.2 Å². The summed E-state index contributed by atoms with van der Waals surface area (Å²) in [7, 11) is 0. The lowest BCUT2D eigenvalue weighted by Gasteiger charge is -2.26. The van der Waals surface area contributed by atoms with Crippen LogP contribution in [0, 0.1) is 0 Å². The van der Waals surface area contributed by atoms with Crippen molar-refractivity contribution in [2.75, 3.05) is 13.1 Å². The number of rotatable bonds is 3. The summed E-state index contributed by atoms with van der Waals surface area (Å²) in [5.74, 6) is 0.591. The molecule has 2 atom stereocenters. The molecule has 25 heavy (non-hydrogen) atoms. The molecule has 2 aromatic carbocycles. The molecule has 0 N–H and O–H groups in total. The third-order valence-corrected chi connectivity index (χ3v) is 5.48. The van der Waals surface area contributed by atoms with E-state index in [1.807, 2.05) is 12.1 Å². The fraction of sp³-hybridized carbons (Fsp3) is 0.429. The van der Waals surface area contributed by atoms with Crippen molar-refractivity contribution < 1.29 is 13.2 Å². The lowest BCUT2D eigenvalue weighted by molar-refractivity contribution is -0.137. The Labute approximate surface area is 146 Å². The molecule has 0 spiro atoms. The molecular formula is C21H22F3N. The zero-order chi connectivity index (χ0) is 17.4. The lowest BCUT2D eigenvalue weighted by atomic mass is 10.00. The first-order chi connectivity index (χ1) is 12.0. The van der Waals surface area contributed by atoms with Gasteiger partial charge in [0, 0.05) is 12.0 Å². The normalized spacial score (nSPS) is 24.3. The second-order valence-corrected chi connectivity index (χ2v) is 7.21. The van der Waals surface area contributed by atoms with Crippen LogP contribution in [-0.2, 0) is 6.18 Å². The van der Waals surface area contributed by atoms with Crippen molar-refractivity contribution in [2.45, 2.75) is 43.8 Å². The Morgan fingerprint density at radius 3 is 2.24 bits per heavy atom. The molecule has 0 radical (unpaired) electrons. The Balaban J connectivity index is 1.48. The summed E-state index contributed by atoms with van der Waals surface area (Å²) >= 11 is 0. The van der Waals surface area contributed by atoms with Gasteiger partial charge in [0.25, 0.3) is 0 Å². The number of piperidine rings is 1. The SMILES string of the molecule is FC(F)(F)c1cccc(-c2ccc([C@H]3C[C@@H]3N3CCCCC3)cc2)c1. The second-order valence-electron chi connectivity index (χ2n) is 7.21. The summed E-state index contributed by atoms with van der Waals surface area (Å²) < 4.78 is 38.6. The van der Waals surface area contributed by atoms with Crippen LogP contribution in [0.3, 0.4) is 0 Å². The highest BCUT2D eigenvalue weighted by Crippen LogP contribution is 2.45. The van der Waals surface area contributed by atoms with Gasteiger partial charge in [-0.3, -0.25) is 4.90 Å². The standard InChI is InChI=1S/C21H22F3N/c22-21(23,24)18-6-4-5-17(13-18)15-7-9-16(10-8-15)19-14-20(19)25-11-2-1-3-12-25/h4-10,13,19-20H,1-3,11-12,14H2/t19-,20+/m1/s1. The molecule has 2 aliphatic rings.